The van der Waals surface area contributed by atoms with Crippen LogP contribution < -0.4 is 5.32 Å². The van der Waals surface area contributed by atoms with E-state index in [0.29, 0.717) is 17.8 Å². The maximum atomic E-state index is 13.2. The molecular weight excluding hydrogens is 356 g/mol. The molecule has 0 atom stereocenters. The van der Waals surface area contributed by atoms with Crippen molar-refractivity contribution in [1.29, 1.82) is 0 Å². The number of nitrogens with zero attached hydrogens (tertiary/aromatic N) is 3. The Morgan fingerprint density at radius 3 is 2.68 bits per heavy atom. The standard InChI is InChI=1S/C21H20N4O3/c1-2-24-12-11-19-17(13-24)20(16-5-3-4-6-18(16)23-19)21(26)22-14-7-9-15(10-8-14)25(27)28/h3-10H,2,11-13H2,1H3,(H,22,26). The Labute approximate surface area is 162 Å². The molecule has 1 aliphatic rings. The van der Waals surface area contributed by atoms with Gasteiger partial charge in [0.25, 0.3) is 11.6 Å². The summed E-state index contributed by atoms with van der Waals surface area (Å²) in [6, 6.07) is 13.5. The van der Waals surface area contributed by atoms with Crippen LogP contribution in [0.3, 0.4) is 0 Å². The number of nitro groups is 1. The maximum Gasteiger partial charge on any atom is 0.269 e. The summed E-state index contributed by atoms with van der Waals surface area (Å²) in [5, 5.41) is 14.5. The van der Waals surface area contributed by atoms with Crippen LogP contribution in [0.15, 0.2) is 48.5 Å². The number of non-ortho nitro benzene ring substituents is 1. The van der Waals surface area contributed by atoms with Gasteiger partial charge in [0.1, 0.15) is 0 Å². The third-order valence-corrected chi connectivity index (χ3v) is 5.14. The van der Waals surface area contributed by atoms with Crippen LogP contribution in [-0.2, 0) is 13.0 Å². The molecular formula is C21H20N4O3. The summed E-state index contributed by atoms with van der Waals surface area (Å²) >= 11 is 0. The number of amides is 1. The highest BCUT2D eigenvalue weighted by Crippen LogP contribution is 2.29. The smallest absolute Gasteiger partial charge is 0.269 e. The molecule has 1 aromatic heterocycles. The first-order chi connectivity index (χ1) is 13.6. The number of pyridine rings is 1. The van der Waals surface area contributed by atoms with E-state index in [1.165, 1.54) is 12.1 Å². The number of aromatic nitrogens is 1. The van der Waals surface area contributed by atoms with E-state index >= 15 is 0 Å². The van der Waals surface area contributed by atoms with Gasteiger partial charge in [-0.1, -0.05) is 25.1 Å². The molecule has 28 heavy (non-hydrogen) atoms. The highest BCUT2D eigenvalue weighted by molar-refractivity contribution is 6.13. The number of para-hydroxylation sites is 1. The monoisotopic (exact) mass is 376 g/mol. The minimum absolute atomic E-state index is 0.0108. The maximum absolute atomic E-state index is 13.2. The SMILES string of the molecule is CCN1CCc2nc3ccccc3c(C(=O)Nc3ccc([N+](=O)[O-])cc3)c2C1. The van der Waals surface area contributed by atoms with Crippen molar-refractivity contribution in [1.82, 2.24) is 9.88 Å². The van der Waals surface area contributed by atoms with Gasteiger partial charge in [-0.15, -0.1) is 0 Å². The Kier molecular flexibility index (Phi) is 4.75. The highest BCUT2D eigenvalue weighted by atomic mass is 16.6. The van der Waals surface area contributed by atoms with Crippen LogP contribution in [0.25, 0.3) is 10.9 Å². The van der Waals surface area contributed by atoms with Crippen molar-refractivity contribution >= 4 is 28.2 Å². The summed E-state index contributed by atoms with van der Waals surface area (Å²) in [5.74, 6) is -0.221. The number of likely N-dealkylation sites (N-methyl/N-ethyl adjacent to an activating group) is 1. The molecule has 0 unspecified atom stereocenters. The van der Waals surface area contributed by atoms with Gasteiger partial charge in [-0.2, -0.15) is 0 Å². The molecule has 0 aliphatic carbocycles. The second-order valence-electron chi connectivity index (χ2n) is 6.81. The van der Waals surface area contributed by atoms with Crippen molar-refractivity contribution in [3.05, 3.63) is 75.5 Å². The van der Waals surface area contributed by atoms with Crippen LogP contribution in [0, 0.1) is 10.1 Å². The molecule has 2 aromatic carbocycles. The van der Waals surface area contributed by atoms with Crippen LogP contribution >= 0.6 is 0 Å². The average Bonchev–Trinajstić information content (AvgIpc) is 2.71. The molecule has 0 saturated heterocycles. The van der Waals surface area contributed by atoms with Gasteiger partial charge >= 0.3 is 0 Å². The number of anilines is 1. The number of rotatable bonds is 4. The van der Waals surface area contributed by atoms with Crippen LogP contribution in [-0.4, -0.2) is 33.8 Å². The van der Waals surface area contributed by atoms with Gasteiger partial charge in [-0.25, -0.2) is 0 Å². The fourth-order valence-electron chi connectivity index (χ4n) is 3.64. The Hall–Kier alpha value is -3.32. The van der Waals surface area contributed by atoms with Gasteiger partial charge in [-0.3, -0.25) is 24.8 Å². The van der Waals surface area contributed by atoms with Crippen molar-refractivity contribution in [3.8, 4) is 0 Å². The van der Waals surface area contributed by atoms with Crippen LogP contribution in [0.5, 0.6) is 0 Å². The second kappa shape index (κ2) is 7.36. The summed E-state index contributed by atoms with van der Waals surface area (Å²) < 4.78 is 0. The van der Waals surface area contributed by atoms with E-state index in [-0.39, 0.29) is 11.6 Å². The third kappa shape index (κ3) is 3.32. The fourth-order valence-corrected chi connectivity index (χ4v) is 3.64. The third-order valence-electron chi connectivity index (χ3n) is 5.14. The number of hydrogen-bond donors (Lipinski definition) is 1. The first-order valence-corrected chi connectivity index (χ1v) is 9.25. The molecule has 1 aliphatic heterocycles. The summed E-state index contributed by atoms with van der Waals surface area (Å²) in [7, 11) is 0. The molecule has 3 aromatic rings. The number of carbonyl (C=O) groups is 1. The Morgan fingerprint density at radius 2 is 1.96 bits per heavy atom. The number of carbonyl (C=O) groups excluding carboxylic acids is 1. The van der Waals surface area contributed by atoms with Crippen molar-refractivity contribution in [2.24, 2.45) is 0 Å². The summed E-state index contributed by atoms with van der Waals surface area (Å²) in [5.41, 5.74) is 3.89. The molecule has 0 radical (unpaired) electrons. The van der Waals surface area contributed by atoms with E-state index in [1.54, 1.807) is 12.1 Å². The van der Waals surface area contributed by atoms with Crippen molar-refractivity contribution < 1.29 is 9.72 Å². The molecule has 7 nitrogen and oxygen atoms in total. The highest BCUT2D eigenvalue weighted by Gasteiger charge is 2.25. The largest absolute Gasteiger partial charge is 0.322 e. The topological polar surface area (TPSA) is 88.4 Å². The van der Waals surface area contributed by atoms with Gasteiger partial charge < -0.3 is 5.32 Å². The average molecular weight is 376 g/mol. The molecule has 142 valence electrons. The van der Waals surface area contributed by atoms with Crippen LogP contribution in [0.2, 0.25) is 0 Å². The number of benzene rings is 2. The lowest BCUT2D eigenvalue weighted by Gasteiger charge is -2.29. The molecule has 4 rings (SSSR count). The van der Waals surface area contributed by atoms with Crippen molar-refractivity contribution in [2.75, 3.05) is 18.4 Å². The van der Waals surface area contributed by atoms with Gasteiger partial charge in [-0.05, 0) is 24.7 Å². The minimum Gasteiger partial charge on any atom is -0.322 e. The van der Waals surface area contributed by atoms with Gasteiger partial charge in [0, 0.05) is 54.0 Å². The summed E-state index contributed by atoms with van der Waals surface area (Å²) in [6.07, 6.45) is 0.811. The lowest BCUT2D eigenvalue weighted by molar-refractivity contribution is -0.384. The number of nitrogens with one attached hydrogen (secondary N) is 1. The zero-order chi connectivity index (χ0) is 19.7. The van der Waals surface area contributed by atoms with Crippen LogP contribution in [0.4, 0.5) is 11.4 Å². The molecule has 7 heteroatoms. The lowest BCUT2D eigenvalue weighted by Crippen LogP contribution is -2.33. The van der Waals surface area contributed by atoms with Crippen molar-refractivity contribution in [3.63, 3.8) is 0 Å². The first kappa shape index (κ1) is 18.1. The predicted molar refractivity (Wildman–Crippen MR) is 107 cm³/mol. The lowest BCUT2D eigenvalue weighted by atomic mass is 9.95. The van der Waals surface area contributed by atoms with E-state index < -0.39 is 4.92 Å². The minimum atomic E-state index is -0.461. The van der Waals surface area contributed by atoms with E-state index in [2.05, 4.69) is 17.1 Å². The van der Waals surface area contributed by atoms with Gasteiger partial charge in [0.05, 0.1) is 16.0 Å². The van der Waals surface area contributed by atoms with Gasteiger partial charge in [0.2, 0.25) is 0 Å². The number of fused-ring (bicyclic) bond motifs is 2. The zero-order valence-corrected chi connectivity index (χ0v) is 15.5. The Bertz CT molecular complexity index is 1060. The van der Waals surface area contributed by atoms with Crippen LogP contribution in [0.1, 0.15) is 28.5 Å². The number of hydrogen-bond acceptors (Lipinski definition) is 5. The van der Waals surface area contributed by atoms with E-state index in [1.807, 2.05) is 24.3 Å². The van der Waals surface area contributed by atoms with E-state index in [9.17, 15) is 14.9 Å². The molecule has 1 amide bonds. The van der Waals surface area contributed by atoms with Crippen molar-refractivity contribution in [2.45, 2.75) is 19.9 Å². The second-order valence-corrected chi connectivity index (χ2v) is 6.81. The van der Waals surface area contributed by atoms with E-state index in [0.717, 1.165) is 41.7 Å². The van der Waals surface area contributed by atoms with E-state index in [4.69, 9.17) is 4.98 Å². The normalized spacial score (nSPS) is 13.9. The predicted octanol–water partition coefficient (Wildman–Crippen LogP) is 3.77. The molecule has 0 bridgehead atoms. The molecule has 0 spiro atoms. The Morgan fingerprint density at radius 1 is 1.21 bits per heavy atom. The molecule has 1 N–H and O–H groups in total. The molecule has 0 saturated carbocycles. The molecule has 2 heterocycles. The quantitative estimate of drug-likeness (QED) is 0.553. The molecule has 0 fully saturated rings. The zero-order valence-electron chi connectivity index (χ0n) is 15.5. The fraction of sp³-hybridized carbons (Fsp3) is 0.238. The Balaban J connectivity index is 1.75. The first-order valence-electron chi connectivity index (χ1n) is 9.25. The summed E-state index contributed by atoms with van der Waals surface area (Å²) in [4.78, 5) is 30.7. The van der Waals surface area contributed by atoms with Gasteiger partial charge in [0.15, 0.2) is 0 Å². The summed E-state index contributed by atoms with van der Waals surface area (Å²) in [6.45, 7) is 4.64. The number of nitro benzene ring substituents is 1.